The van der Waals surface area contributed by atoms with Gasteiger partial charge in [0.15, 0.2) is 0 Å². The molecule has 7 heteroatoms. The van der Waals surface area contributed by atoms with E-state index < -0.39 is 17.6 Å². The van der Waals surface area contributed by atoms with Crippen LogP contribution in [0.2, 0.25) is 0 Å². The van der Waals surface area contributed by atoms with Crippen molar-refractivity contribution >= 4 is 5.91 Å². The van der Waals surface area contributed by atoms with Crippen molar-refractivity contribution in [1.29, 1.82) is 0 Å². The number of halogens is 3. The normalized spacial score (nSPS) is 17.0. The van der Waals surface area contributed by atoms with Crippen LogP contribution in [0.4, 0.5) is 13.2 Å². The second-order valence-electron chi connectivity index (χ2n) is 6.14. The molecule has 0 spiro atoms. The Balaban J connectivity index is 1.85. The molecule has 0 atom stereocenters. The standard InChI is InChI=1S/C17H24F3N3O/c1-21-8-11-23-9-6-13(7-10-23)12-22-16(24)14-4-2-3-5-15(14)17(18,19)20/h2-5,13,21H,6-12H2,1H3,(H,22,24). The quantitative estimate of drug-likeness (QED) is 0.833. The number of benzene rings is 1. The van der Waals surface area contributed by atoms with Crippen molar-refractivity contribution in [2.75, 3.05) is 39.8 Å². The SMILES string of the molecule is CNCCN1CCC(CNC(=O)c2ccccc2C(F)(F)F)CC1. The summed E-state index contributed by atoms with van der Waals surface area (Å²) in [7, 11) is 1.92. The second-order valence-corrected chi connectivity index (χ2v) is 6.14. The lowest BCUT2D eigenvalue weighted by Gasteiger charge is -2.32. The molecule has 0 aromatic heterocycles. The maximum atomic E-state index is 13.0. The Morgan fingerprint density at radius 2 is 1.92 bits per heavy atom. The van der Waals surface area contributed by atoms with Crippen LogP contribution in [-0.2, 0) is 6.18 Å². The zero-order valence-corrected chi connectivity index (χ0v) is 13.8. The third-order valence-electron chi connectivity index (χ3n) is 4.41. The van der Waals surface area contributed by atoms with E-state index in [9.17, 15) is 18.0 Å². The first-order valence-corrected chi connectivity index (χ1v) is 8.23. The number of amides is 1. The summed E-state index contributed by atoms with van der Waals surface area (Å²) < 4.78 is 38.9. The number of hydrogen-bond donors (Lipinski definition) is 2. The predicted octanol–water partition coefficient (Wildman–Crippen LogP) is 2.37. The van der Waals surface area contributed by atoms with Crippen LogP contribution in [0.15, 0.2) is 24.3 Å². The first-order valence-electron chi connectivity index (χ1n) is 8.23. The lowest BCUT2D eigenvalue weighted by atomic mass is 9.96. The summed E-state index contributed by atoms with van der Waals surface area (Å²) in [5, 5.41) is 5.78. The molecule has 1 aromatic carbocycles. The number of piperidine rings is 1. The van der Waals surface area contributed by atoms with Crippen LogP contribution >= 0.6 is 0 Å². The molecule has 1 aliphatic heterocycles. The summed E-state index contributed by atoms with van der Waals surface area (Å²) >= 11 is 0. The maximum Gasteiger partial charge on any atom is 0.417 e. The first kappa shape index (κ1) is 18.7. The molecule has 1 saturated heterocycles. The van der Waals surface area contributed by atoms with Gasteiger partial charge in [-0.25, -0.2) is 0 Å². The van der Waals surface area contributed by atoms with E-state index in [0.29, 0.717) is 12.5 Å². The van der Waals surface area contributed by atoms with Crippen molar-refractivity contribution in [3.8, 4) is 0 Å². The fraction of sp³-hybridized carbons (Fsp3) is 0.588. The van der Waals surface area contributed by atoms with Crippen molar-refractivity contribution in [2.24, 2.45) is 5.92 Å². The van der Waals surface area contributed by atoms with Gasteiger partial charge in [-0.15, -0.1) is 0 Å². The topological polar surface area (TPSA) is 44.4 Å². The molecule has 0 unspecified atom stereocenters. The number of likely N-dealkylation sites (N-methyl/N-ethyl adjacent to an activating group) is 1. The predicted molar refractivity (Wildman–Crippen MR) is 86.9 cm³/mol. The minimum atomic E-state index is -4.52. The highest BCUT2D eigenvalue weighted by Crippen LogP contribution is 2.31. The number of carbonyl (C=O) groups is 1. The van der Waals surface area contributed by atoms with Crippen LogP contribution in [0.25, 0.3) is 0 Å². The highest BCUT2D eigenvalue weighted by atomic mass is 19.4. The van der Waals surface area contributed by atoms with Gasteiger partial charge in [-0.05, 0) is 51.0 Å². The minimum Gasteiger partial charge on any atom is -0.352 e. The van der Waals surface area contributed by atoms with Gasteiger partial charge in [0, 0.05) is 19.6 Å². The molecular weight excluding hydrogens is 319 g/mol. The van der Waals surface area contributed by atoms with Gasteiger partial charge in [0.05, 0.1) is 11.1 Å². The van der Waals surface area contributed by atoms with Crippen LogP contribution in [0.1, 0.15) is 28.8 Å². The maximum absolute atomic E-state index is 13.0. The Labute approximate surface area is 140 Å². The number of nitrogens with zero attached hydrogens (tertiary/aromatic N) is 1. The highest BCUT2D eigenvalue weighted by Gasteiger charge is 2.34. The van der Waals surface area contributed by atoms with Gasteiger partial charge in [0.25, 0.3) is 5.91 Å². The Morgan fingerprint density at radius 1 is 1.25 bits per heavy atom. The molecule has 1 amide bonds. The molecule has 2 N–H and O–H groups in total. The first-order chi connectivity index (χ1) is 11.4. The molecule has 1 aliphatic rings. The van der Waals surface area contributed by atoms with E-state index in [2.05, 4.69) is 15.5 Å². The fourth-order valence-corrected chi connectivity index (χ4v) is 2.94. The van der Waals surface area contributed by atoms with E-state index in [1.807, 2.05) is 7.05 Å². The molecule has 0 bridgehead atoms. The number of likely N-dealkylation sites (tertiary alicyclic amines) is 1. The van der Waals surface area contributed by atoms with Gasteiger partial charge in [-0.2, -0.15) is 13.2 Å². The Bertz CT molecular complexity index is 540. The highest BCUT2D eigenvalue weighted by molar-refractivity contribution is 5.95. The van der Waals surface area contributed by atoms with E-state index in [1.54, 1.807) is 0 Å². The van der Waals surface area contributed by atoms with E-state index in [0.717, 1.165) is 45.1 Å². The van der Waals surface area contributed by atoms with Crippen molar-refractivity contribution < 1.29 is 18.0 Å². The van der Waals surface area contributed by atoms with E-state index in [4.69, 9.17) is 0 Å². The largest absolute Gasteiger partial charge is 0.417 e. The molecule has 0 aliphatic carbocycles. The summed E-state index contributed by atoms with van der Waals surface area (Å²) in [6.45, 7) is 4.28. The van der Waals surface area contributed by atoms with Crippen LogP contribution in [0.3, 0.4) is 0 Å². The van der Waals surface area contributed by atoms with Gasteiger partial charge in [-0.3, -0.25) is 4.79 Å². The summed E-state index contributed by atoms with van der Waals surface area (Å²) in [6.07, 6.45) is -2.62. The van der Waals surface area contributed by atoms with Crippen LogP contribution in [-0.4, -0.2) is 50.6 Å². The van der Waals surface area contributed by atoms with Crippen molar-refractivity contribution in [1.82, 2.24) is 15.5 Å². The summed E-state index contributed by atoms with van der Waals surface area (Å²) in [5.41, 5.74) is -1.19. The number of alkyl halides is 3. The summed E-state index contributed by atoms with van der Waals surface area (Å²) in [5.74, 6) is -0.335. The van der Waals surface area contributed by atoms with Crippen molar-refractivity contribution in [3.05, 3.63) is 35.4 Å². The van der Waals surface area contributed by atoms with E-state index in [1.165, 1.54) is 18.2 Å². The number of nitrogens with one attached hydrogen (secondary N) is 2. The minimum absolute atomic E-state index is 0.309. The summed E-state index contributed by atoms with van der Waals surface area (Å²) in [6, 6.07) is 4.90. The molecule has 4 nitrogen and oxygen atoms in total. The van der Waals surface area contributed by atoms with Crippen LogP contribution < -0.4 is 10.6 Å². The molecule has 1 heterocycles. The average Bonchev–Trinajstić information content (AvgIpc) is 2.58. The van der Waals surface area contributed by atoms with Gasteiger partial charge in [-0.1, -0.05) is 12.1 Å². The molecule has 0 saturated carbocycles. The average molecular weight is 343 g/mol. The monoisotopic (exact) mass is 343 g/mol. The second kappa shape index (κ2) is 8.48. The van der Waals surface area contributed by atoms with Crippen LogP contribution in [0, 0.1) is 5.92 Å². The number of rotatable bonds is 6. The lowest BCUT2D eigenvalue weighted by molar-refractivity contribution is -0.137. The smallest absolute Gasteiger partial charge is 0.352 e. The Hall–Kier alpha value is -1.60. The van der Waals surface area contributed by atoms with Gasteiger partial charge in [0.2, 0.25) is 0 Å². The van der Waals surface area contributed by atoms with Crippen molar-refractivity contribution in [3.63, 3.8) is 0 Å². The molecule has 1 fully saturated rings. The third-order valence-corrected chi connectivity index (χ3v) is 4.41. The molecular formula is C17H24F3N3O. The summed E-state index contributed by atoms with van der Waals surface area (Å²) in [4.78, 5) is 14.5. The third kappa shape index (κ3) is 5.21. The molecule has 2 rings (SSSR count). The molecule has 24 heavy (non-hydrogen) atoms. The lowest BCUT2D eigenvalue weighted by Crippen LogP contribution is -2.41. The van der Waals surface area contributed by atoms with Crippen LogP contribution in [0.5, 0.6) is 0 Å². The van der Waals surface area contributed by atoms with Crippen molar-refractivity contribution in [2.45, 2.75) is 19.0 Å². The zero-order chi connectivity index (χ0) is 17.6. The number of hydrogen-bond acceptors (Lipinski definition) is 3. The van der Waals surface area contributed by atoms with Gasteiger partial charge < -0.3 is 15.5 Å². The Morgan fingerprint density at radius 3 is 2.54 bits per heavy atom. The zero-order valence-electron chi connectivity index (χ0n) is 13.8. The molecule has 1 aromatic rings. The van der Waals surface area contributed by atoms with Gasteiger partial charge >= 0.3 is 6.18 Å². The van der Waals surface area contributed by atoms with E-state index >= 15 is 0 Å². The Kier molecular flexibility index (Phi) is 6.62. The van der Waals surface area contributed by atoms with E-state index in [-0.39, 0.29) is 5.56 Å². The van der Waals surface area contributed by atoms with Gasteiger partial charge in [0.1, 0.15) is 0 Å². The molecule has 0 radical (unpaired) electrons. The number of carbonyl (C=O) groups excluding carboxylic acids is 1. The fourth-order valence-electron chi connectivity index (χ4n) is 2.94. The molecule has 134 valence electrons.